The standard InChI is InChI=1S/C19H20N2O5/c1-12(21-18(23)13-8-10-15(25-2)11-9-13)16(22)17(20)26-19(24)14-6-4-3-5-7-14/h3-12,17H,20H2,1-2H3,(H,21,23). The lowest BCUT2D eigenvalue weighted by atomic mass is 10.1. The maximum absolute atomic E-state index is 12.2. The number of amides is 1. The highest BCUT2D eigenvalue weighted by Gasteiger charge is 2.26. The van der Waals surface area contributed by atoms with E-state index in [0.29, 0.717) is 11.3 Å². The SMILES string of the molecule is COc1ccc(C(=O)NC(C)C(=O)C(N)OC(=O)c2ccccc2)cc1. The zero-order valence-electron chi connectivity index (χ0n) is 14.5. The number of carbonyl (C=O) groups is 3. The van der Waals surface area contributed by atoms with E-state index in [0.717, 1.165) is 0 Å². The molecule has 2 unspecified atom stereocenters. The number of methoxy groups -OCH3 is 1. The molecule has 0 aromatic heterocycles. The molecule has 3 N–H and O–H groups in total. The third-order valence-corrected chi connectivity index (χ3v) is 3.65. The molecule has 2 atom stereocenters. The van der Waals surface area contributed by atoms with Crippen molar-refractivity contribution in [1.82, 2.24) is 5.32 Å². The molecular formula is C19H20N2O5. The third kappa shape index (κ3) is 4.90. The molecule has 0 saturated heterocycles. The van der Waals surface area contributed by atoms with Gasteiger partial charge < -0.3 is 14.8 Å². The highest BCUT2D eigenvalue weighted by atomic mass is 16.6. The number of hydrogen-bond donors (Lipinski definition) is 2. The lowest BCUT2D eigenvalue weighted by Gasteiger charge is -2.18. The minimum Gasteiger partial charge on any atom is -0.497 e. The van der Waals surface area contributed by atoms with Crippen molar-refractivity contribution in [3.63, 3.8) is 0 Å². The quantitative estimate of drug-likeness (QED) is 0.575. The summed E-state index contributed by atoms with van der Waals surface area (Å²) >= 11 is 0. The second-order valence-electron chi connectivity index (χ2n) is 5.52. The Kier molecular flexibility index (Phi) is 6.46. The Bertz CT molecular complexity index is 774. The van der Waals surface area contributed by atoms with Crippen LogP contribution in [0.25, 0.3) is 0 Å². The first-order valence-corrected chi connectivity index (χ1v) is 7.92. The van der Waals surface area contributed by atoms with Crippen LogP contribution in [0.2, 0.25) is 0 Å². The van der Waals surface area contributed by atoms with Crippen molar-refractivity contribution in [2.24, 2.45) is 5.73 Å². The molecule has 0 saturated carbocycles. The van der Waals surface area contributed by atoms with E-state index in [4.69, 9.17) is 15.2 Å². The van der Waals surface area contributed by atoms with Gasteiger partial charge in [0.2, 0.25) is 12.0 Å². The van der Waals surface area contributed by atoms with Gasteiger partial charge in [0, 0.05) is 5.56 Å². The van der Waals surface area contributed by atoms with E-state index < -0.39 is 29.9 Å². The van der Waals surface area contributed by atoms with Crippen LogP contribution in [0.5, 0.6) is 5.75 Å². The van der Waals surface area contributed by atoms with E-state index in [2.05, 4.69) is 5.32 Å². The third-order valence-electron chi connectivity index (χ3n) is 3.65. The van der Waals surface area contributed by atoms with Crippen LogP contribution in [0.1, 0.15) is 27.6 Å². The van der Waals surface area contributed by atoms with Gasteiger partial charge in [0.25, 0.3) is 5.91 Å². The van der Waals surface area contributed by atoms with E-state index in [-0.39, 0.29) is 5.56 Å². The molecule has 1 amide bonds. The fourth-order valence-corrected chi connectivity index (χ4v) is 2.16. The number of nitrogens with two attached hydrogens (primary N) is 1. The Morgan fingerprint density at radius 2 is 1.58 bits per heavy atom. The van der Waals surface area contributed by atoms with E-state index in [9.17, 15) is 14.4 Å². The maximum atomic E-state index is 12.2. The number of benzene rings is 2. The lowest BCUT2D eigenvalue weighted by Crippen LogP contribution is -2.48. The molecule has 2 aromatic carbocycles. The lowest BCUT2D eigenvalue weighted by molar-refractivity contribution is -0.129. The molecule has 0 radical (unpaired) electrons. The Hall–Kier alpha value is -3.19. The highest BCUT2D eigenvalue weighted by Crippen LogP contribution is 2.11. The zero-order chi connectivity index (χ0) is 19.1. The van der Waals surface area contributed by atoms with Crippen molar-refractivity contribution in [3.05, 3.63) is 65.7 Å². The molecule has 0 spiro atoms. The van der Waals surface area contributed by atoms with Crippen molar-refractivity contribution in [1.29, 1.82) is 0 Å². The van der Waals surface area contributed by atoms with Crippen molar-refractivity contribution < 1.29 is 23.9 Å². The van der Waals surface area contributed by atoms with Crippen molar-refractivity contribution in [2.45, 2.75) is 19.2 Å². The topological polar surface area (TPSA) is 108 Å². The minimum atomic E-state index is -1.48. The number of esters is 1. The average molecular weight is 356 g/mol. The van der Waals surface area contributed by atoms with Gasteiger partial charge >= 0.3 is 5.97 Å². The fourth-order valence-electron chi connectivity index (χ4n) is 2.16. The Morgan fingerprint density at radius 1 is 0.962 bits per heavy atom. The molecule has 136 valence electrons. The molecule has 0 aliphatic carbocycles. The normalized spacial score (nSPS) is 12.6. The van der Waals surface area contributed by atoms with Crippen LogP contribution in [-0.4, -0.2) is 37.0 Å². The van der Waals surface area contributed by atoms with Gasteiger partial charge in [-0.3, -0.25) is 15.3 Å². The Labute approximate surface area is 151 Å². The van der Waals surface area contributed by atoms with Crippen LogP contribution >= 0.6 is 0 Å². The van der Waals surface area contributed by atoms with Crippen LogP contribution in [-0.2, 0) is 9.53 Å². The zero-order valence-corrected chi connectivity index (χ0v) is 14.5. The van der Waals surface area contributed by atoms with Gasteiger partial charge in [-0.05, 0) is 43.3 Å². The van der Waals surface area contributed by atoms with Crippen LogP contribution in [0.3, 0.4) is 0 Å². The molecule has 26 heavy (non-hydrogen) atoms. The smallest absolute Gasteiger partial charge is 0.340 e. The molecule has 0 fully saturated rings. The van der Waals surface area contributed by atoms with Gasteiger partial charge in [0.05, 0.1) is 18.7 Å². The van der Waals surface area contributed by atoms with Crippen molar-refractivity contribution >= 4 is 17.7 Å². The fraction of sp³-hybridized carbons (Fsp3) is 0.211. The van der Waals surface area contributed by atoms with E-state index in [1.165, 1.54) is 14.0 Å². The second kappa shape index (κ2) is 8.77. The number of ether oxygens (including phenoxy) is 2. The summed E-state index contributed by atoms with van der Waals surface area (Å²) in [6.45, 7) is 1.47. The molecule has 7 heteroatoms. The molecule has 2 rings (SSSR count). The summed E-state index contributed by atoms with van der Waals surface area (Å²) in [5.74, 6) is -1.16. The molecule has 0 aliphatic rings. The first-order valence-electron chi connectivity index (χ1n) is 7.92. The predicted molar refractivity (Wildman–Crippen MR) is 94.8 cm³/mol. The van der Waals surface area contributed by atoms with Gasteiger partial charge in [-0.1, -0.05) is 18.2 Å². The van der Waals surface area contributed by atoms with Gasteiger partial charge in [-0.15, -0.1) is 0 Å². The number of rotatable bonds is 7. The predicted octanol–water partition coefficient (Wildman–Crippen LogP) is 1.52. The summed E-state index contributed by atoms with van der Waals surface area (Å²) < 4.78 is 9.98. The van der Waals surface area contributed by atoms with E-state index in [1.807, 2.05) is 0 Å². The summed E-state index contributed by atoms with van der Waals surface area (Å²) in [7, 11) is 1.52. The van der Waals surface area contributed by atoms with E-state index >= 15 is 0 Å². The van der Waals surface area contributed by atoms with Crippen LogP contribution in [0.15, 0.2) is 54.6 Å². The minimum absolute atomic E-state index is 0.283. The second-order valence-corrected chi connectivity index (χ2v) is 5.52. The monoisotopic (exact) mass is 356 g/mol. The summed E-state index contributed by atoms with van der Waals surface area (Å²) in [4.78, 5) is 36.3. The number of hydrogen-bond acceptors (Lipinski definition) is 6. The summed E-state index contributed by atoms with van der Waals surface area (Å²) in [5, 5.41) is 2.53. The van der Waals surface area contributed by atoms with Gasteiger partial charge in [0.1, 0.15) is 5.75 Å². The van der Waals surface area contributed by atoms with Gasteiger partial charge in [-0.2, -0.15) is 0 Å². The maximum Gasteiger partial charge on any atom is 0.340 e. The molecular weight excluding hydrogens is 336 g/mol. The molecule has 7 nitrogen and oxygen atoms in total. The number of Topliss-reactive ketones (excluding diaryl/α,β-unsaturated/α-hetero) is 1. The van der Waals surface area contributed by atoms with Crippen LogP contribution < -0.4 is 15.8 Å². The highest BCUT2D eigenvalue weighted by molar-refractivity contribution is 5.99. The average Bonchev–Trinajstić information content (AvgIpc) is 2.67. The molecule has 2 aromatic rings. The van der Waals surface area contributed by atoms with Crippen molar-refractivity contribution in [2.75, 3.05) is 7.11 Å². The van der Waals surface area contributed by atoms with Crippen LogP contribution in [0.4, 0.5) is 0 Å². The number of carbonyl (C=O) groups excluding carboxylic acids is 3. The summed E-state index contributed by atoms with van der Waals surface area (Å²) in [5.41, 5.74) is 6.29. The summed E-state index contributed by atoms with van der Waals surface area (Å²) in [6, 6.07) is 13.7. The first-order chi connectivity index (χ1) is 12.4. The van der Waals surface area contributed by atoms with Crippen molar-refractivity contribution in [3.8, 4) is 5.75 Å². The van der Waals surface area contributed by atoms with E-state index in [1.54, 1.807) is 54.6 Å². The van der Waals surface area contributed by atoms with Crippen LogP contribution in [0, 0.1) is 0 Å². The molecule has 0 aliphatic heterocycles. The van der Waals surface area contributed by atoms with Gasteiger partial charge in [-0.25, -0.2) is 4.79 Å². The Balaban J connectivity index is 1.93. The number of ketones is 1. The first kappa shape index (κ1) is 19.1. The molecule has 0 heterocycles. The van der Waals surface area contributed by atoms with Gasteiger partial charge in [0.15, 0.2) is 0 Å². The Morgan fingerprint density at radius 3 is 2.15 bits per heavy atom. The number of nitrogens with one attached hydrogen (secondary N) is 1. The summed E-state index contributed by atoms with van der Waals surface area (Å²) in [6.07, 6.45) is -1.48. The molecule has 0 bridgehead atoms. The largest absolute Gasteiger partial charge is 0.497 e.